The molecule has 1 N–H and O–H groups in total. The van der Waals surface area contributed by atoms with Crippen LogP contribution in [0, 0.1) is 5.41 Å². The molecule has 0 aliphatic carbocycles. The van der Waals surface area contributed by atoms with Gasteiger partial charge in [0.1, 0.15) is 11.4 Å². The topological polar surface area (TPSA) is 50.8 Å². The Hall–Kier alpha value is -1.14. The van der Waals surface area contributed by atoms with E-state index in [-0.39, 0.29) is 11.2 Å². The first-order valence-electron chi connectivity index (χ1n) is 8.40. The zero-order valence-electron chi connectivity index (χ0n) is 14.5. The van der Waals surface area contributed by atoms with E-state index in [4.69, 9.17) is 9.47 Å². The van der Waals surface area contributed by atoms with Gasteiger partial charge in [-0.1, -0.05) is 6.08 Å². The number of carbonyl (C=O) groups excluding carboxylic acids is 1. The van der Waals surface area contributed by atoms with Gasteiger partial charge < -0.3 is 14.8 Å². The van der Waals surface area contributed by atoms with Crippen molar-refractivity contribution < 1.29 is 18.7 Å². The highest BCUT2D eigenvalue weighted by Crippen LogP contribution is 2.32. The van der Waals surface area contributed by atoms with Gasteiger partial charge in [-0.25, -0.2) is 9.18 Å². The van der Waals surface area contributed by atoms with Crippen molar-refractivity contribution in [2.24, 2.45) is 5.41 Å². The van der Waals surface area contributed by atoms with Crippen LogP contribution in [0.2, 0.25) is 0 Å². The second-order valence-electron chi connectivity index (χ2n) is 7.62. The lowest BCUT2D eigenvalue weighted by Gasteiger charge is -2.41. The van der Waals surface area contributed by atoms with Crippen LogP contribution in [-0.4, -0.2) is 56.0 Å². The van der Waals surface area contributed by atoms with Crippen LogP contribution < -0.4 is 5.32 Å². The van der Waals surface area contributed by atoms with Crippen LogP contribution >= 0.6 is 0 Å². The van der Waals surface area contributed by atoms with E-state index in [2.05, 4.69) is 10.2 Å². The van der Waals surface area contributed by atoms with Crippen molar-refractivity contribution >= 4 is 6.09 Å². The maximum atomic E-state index is 13.5. The van der Waals surface area contributed by atoms with Gasteiger partial charge in [0, 0.05) is 44.8 Å². The van der Waals surface area contributed by atoms with Gasteiger partial charge in [-0.15, -0.1) is 0 Å². The predicted octanol–water partition coefficient (Wildman–Crippen LogP) is 2.87. The molecule has 2 aliphatic heterocycles. The minimum Gasteiger partial charge on any atom is -0.444 e. The van der Waals surface area contributed by atoms with Crippen LogP contribution in [0.4, 0.5) is 9.18 Å². The molecule has 0 aromatic carbocycles. The number of halogens is 1. The Labute approximate surface area is 138 Å². The first kappa shape index (κ1) is 18.2. The van der Waals surface area contributed by atoms with Crippen molar-refractivity contribution in [3.63, 3.8) is 0 Å². The molecule has 23 heavy (non-hydrogen) atoms. The van der Waals surface area contributed by atoms with Crippen LogP contribution in [0.1, 0.15) is 40.0 Å². The number of carbonyl (C=O) groups is 1. The lowest BCUT2D eigenvalue weighted by Crippen LogP contribution is -2.50. The van der Waals surface area contributed by atoms with Gasteiger partial charge in [0.15, 0.2) is 0 Å². The van der Waals surface area contributed by atoms with Crippen LogP contribution in [-0.2, 0) is 9.47 Å². The van der Waals surface area contributed by atoms with Crippen LogP contribution in [0.25, 0.3) is 0 Å². The summed E-state index contributed by atoms with van der Waals surface area (Å²) in [4.78, 5) is 14.1. The quantitative estimate of drug-likeness (QED) is 0.862. The largest absolute Gasteiger partial charge is 0.444 e. The molecule has 1 saturated heterocycles. The van der Waals surface area contributed by atoms with Gasteiger partial charge in [-0.05, 0) is 40.0 Å². The summed E-state index contributed by atoms with van der Waals surface area (Å²) in [7, 11) is 0. The summed E-state index contributed by atoms with van der Waals surface area (Å²) >= 11 is 0. The van der Waals surface area contributed by atoms with E-state index < -0.39 is 11.7 Å². The fourth-order valence-electron chi connectivity index (χ4n) is 3.14. The molecule has 0 saturated carbocycles. The summed E-state index contributed by atoms with van der Waals surface area (Å²) in [6.07, 6.45) is 3.74. The normalized spacial score (nSPS) is 22.3. The van der Waals surface area contributed by atoms with Gasteiger partial charge in [0.25, 0.3) is 0 Å². The summed E-state index contributed by atoms with van der Waals surface area (Å²) in [6, 6.07) is 0. The molecule has 2 rings (SSSR count). The average Bonchev–Trinajstić information content (AvgIpc) is 2.45. The van der Waals surface area contributed by atoms with Crippen LogP contribution in [0.5, 0.6) is 0 Å². The number of alkyl carbamates (subject to hydrolysis) is 1. The predicted molar refractivity (Wildman–Crippen MR) is 87.0 cm³/mol. The van der Waals surface area contributed by atoms with E-state index in [9.17, 15) is 9.18 Å². The Morgan fingerprint density at radius 1 is 1.43 bits per heavy atom. The SMILES string of the molecule is CC(C)(C)OC(=O)NCC1(CN2CCC=C(F)C2)CCOCC1. The second-order valence-corrected chi connectivity index (χ2v) is 7.62. The number of amides is 1. The van der Waals surface area contributed by atoms with Gasteiger partial charge >= 0.3 is 6.09 Å². The van der Waals surface area contributed by atoms with Gasteiger partial charge in [0.05, 0.1) is 0 Å². The van der Waals surface area contributed by atoms with Gasteiger partial charge in [-0.3, -0.25) is 4.90 Å². The highest BCUT2D eigenvalue weighted by molar-refractivity contribution is 5.67. The smallest absolute Gasteiger partial charge is 0.407 e. The van der Waals surface area contributed by atoms with Crippen molar-refractivity contribution in [2.45, 2.75) is 45.6 Å². The first-order chi connectivity index (χ1) is 10.8. The molecule has 0 bridgehead atoms. The molecule has 6 heteroatoms. The fourth-order valence-corrected chi connectivity index (χ4v) is 3.14. The zero-order chi connectivity index (χ0) is 16.9. The summed E-state index contributed by atoms with van der Waals surface area (Å²) in [5, 5.41) is 2.90. The monoisotopic (exact) mass is 328 g/mol. The molecule has 5 nitrogen and oxygen atoms in total. The Morgan fingerprint density at radius 3 is 2.74 bits per heavy atom. The van der Waals surface area contributed by atoms with Crippen molar-refractivity contribution in [3.05, 3.63) is 11.9 Å². The van der Waals surface area contributed by atoms with Crippen molar-refractivity contribution in [3.8, 4) is 0 Å². The van der Waals surface area contributed by atoms with Crippen LogP contribution in [0.15, 0.2) is 11.9 Å². The molecule has 132 valence electrons. The summed E-state index contributed by atoms with van der Waals surface area (Å²) in [5.74, 6) is -0.0569. The fraction of sp³-hybridized carbons (Fsp3) is 0.824. The molecular weight excluding hydrogens is 299 g/mol. The lowest BCUT2D eigenvalue weighted by atomic mass is 9.79. The Balaban J connectivity index is 1.93. The third-order valence-electron chi connectivity index (χ3n) is 4.30. The van der Waals surface area contributed by atoms with Crippen molar-refractivity contribution in [1.82, 2.24) is 10.2 Å². The molecule has 0 aromatic rings. The first-order valence-corrected chi connectivity index (χ1v) is 8.40. The maximum Gasteiger partial charge on any atom is 0.407 e. The van der Waals surface area contributed by atoms with Crippen molar-refractivity contribution in [2.75, 3.05) is 39.4 Å². The molecule has 1 fully saturated rings. The highest BCUT2D eigenvalue weighted by Gasteiger charge is 2.36. The Morgan fingerprint density at radius 2 is 2.13 bits per heavy atom. The minimum absolute atomic E-state index is 0.0569. The highest BCUT2D eigenvalue weighted by atomic mass is 19.1. The van der Waals surface area contributed by atoms with E-state index in [1.165, 1.54) is 0 Å². The zero-order valence-corrected chi connectivity index (χ0v) is 14.5. The number of nitrogens with one attached hydrogen (secondary N) is 1. The maximum absolute atomic E-state index is 13.5. The minimum atomic E-state index is -0.506. The number of hydrogen-bond donors (Lipinski definition) is 1. The van der Waals surface area contributed by atoms with Gasteiger partial charge in [-0.2, -0.15) is 0 Å². The second kappa shape index (κ2) is 7.62. The summed E-state index contributed by atoms with van der Waals surface area (Å²) in [6.45, 7) is 9.45. The average molecular weight is 328 g/mol. The number of nitrogens with zero attached hydrogens (tertiary/aromatic N) is 1. The van der Waals surface area contributed by atoms with E-state index in [0.717, 1.165) is 32.4 Å². The Kier molecular flexibility index (Phi) is 6.03. The van der Waals surface area contributed by atoms with E-state index in [0.29, 0.717) is 26.3 Å². The van der Waals surface area contributed by atoms with Crippen molar-refractivity contribution in [1.29, 1.82) is 0 Å². The molecule has 1 amide bonds. The standard InChI is InChI=1S/C17H29FN2O3/c1-16(2,3)23-15(21)19-12-17(6-9-22-10-7-17)13-20-8-4-5-14(18)11-20/h5H,4,6-13H2,1-3H3,(H,19,21). The molecule has 2 heterocycles. The van der Waals surface area contributed by atoms with E-state index >= 15 is 0 Å². The molecule has 0 spiro atoms. The molecule has 2 aliphatic rings. The lowest BCUT2D eigenvalue weighted by molar-refractivity contribution is -0.00728. The number of rotatable bonds is 4. The van der Waals surface area contributed by atoms with Gasteiger partial charge in [0.2, 0.25) is 0 Å². The molecular formula is C17H29FN2O3. The van der Waals surface area contributed by atoms with E-state index in [1.807, 2.05) is 20.8 Å². The molecule has 0 radical (unpaired) electrons. The van der Waals surface area contributed by atoms with Crippen LogP contribution in [0.3, 0.4) is 0 Å². The number of ether oxygens (including phenoxy) is 2. The van der Waals surface area contributed by atoms with E-state index in [1.54, 1.807) is 6.08 Å². The third-order valence-corrected chi connectivity index (χ3v) is 4.30. The third kappa shape index (κ3) is 6.11. The molecule has 0 aromatic heterocycles. The Bertz CT molecular complexity index is 440. The summed E-state index contributed by atoms with van der Waals surface area (Å²) in [5.41, 5.74) is -0.583. The summed E-state index contributed by atoms with van der Waals surface area (Å²) < 4.78 is 24.3. The molecule has 0 unspecified atom stereocenters. The molecule has 0 atom stereocenters. The number of hydrogen-bond acceptors (Lipinski definition) is 4.